The van der Waals surface area contributed by atoms with Crippen molar-refractivity contribution in [2.24, 2.45) is 5.73 Å². The second-order valence-electron chi connectivity index (χ2n) is 4.59. The Morgan fingerprint density at radius 3 is 2.75 bits per heavy atom. The second-order valence-corrected chi connectivity index (χ2v) is 5.64. The molecule has 0 saturated carbocycles. The normalized spacial score (nSPS) is 11.1. The van der Waals surface area contributed by atoms with Crippen LogP contribution in [0.3, 0.4) is 0 Å². The largest absolute Gasteiger partial charge is 0.349 e. The van der Waals surface area contributed by atoms with Crippen molar-refractivity contribution in [3.63, 3.8) is 0 Å². The van der Waals surface area contributed by atoms with E-state index in [1.165, 1.54) is 17.8 Å². The zero-order valence-electron chi connectivity index (χ0n) is 10.9. The lowest BCUT2D eigenvalue weighted by Crippen LogP contribution is -2.04. The number of para-hydroxylation sites is 1. The molecule has 1 aromatic heterocycles. The van der Waals surface area contributed by atoms with Crippen LogP contribution in [0.2, 0.25) is 0 Å². The third-order valence-electron chi connectivity index (χ3n) is 3.18. The van der Waals surface area contributed by atoms with Gasteiger partial charge in [0.1, 0.15) is 5.82 Å². The highest BCUT2D eigenvalue weighted by Gasteiger charge is 2.11. The van der Waals surface area contributed by atoms with Crippen molar-refractivity contribution in [1.29, 1.82) is 0 Å². The summed E-state index contributed by atoms with van der Waals surface area (Å²) in [7, 11) is 0. The number of nitrogens with two attached hydrogens (primary N) is 1. The number of benzene rings is 2. The van der Waals surface area contributed by atoms with Crippen LogP contribution in [0.1, 0.15) is 5.56 Å². The van der Waals surface area contributed by atoms with Gasteiger partial charge < -0.3 is 10.7 Å². The van der Waals surface area contributed by atoms with Gasteiger partial charge >= 0.3 is 0 Å². The minimum Gasteiger partial charge on any atom is -0.349 e. The van der Waals surface area contributed by atoms with Gasteiger partial charge in [-0.05, 0) is 36.7 Å². The fourth-order valence-corrected chi connectivity index (χ4v) is 3.27. The van der Waals surface area contributed by atoms with E-state index in [2.05, 4.69) is 4.98 Å². The Kier molecular flexibility index (Phi) is 3.76. The maximum atomic E-state index is 14.0. The van der Waals surface area contributed by atoms with Crippen LogP contribution in [-0.2, 0) is 6.42 Å². The summed E-state index contributed by atoms with van der Waals surface area (Å²) in [4.78, 5) is 3.96. The van der Waals surface area contributed by atoms with E-state index in [0.717, 1.165) is 21.5 Å². The van der Waals surface area contributed by atoms with E-state index < -0.39 is 0 Å². The van der Waals surface area contributed by atoms with Crippen molar-refractivity contribution in [1.82, 2.24) is 4.98 Å². The lowest BCUT2D eigenvalue weighted by molar-refractivity contribution is 0.597. The second kappa shape index (κ2) is 5.69. The Balaban J connectivity index is 1.97. The van der Waals surface area contributed by atoms with Crippen LogP contribution in [0.5, 0.6) is 0 Å². The fraction of sp³-hybridized carbons (Fsp3) is 0.125. The quantitative estimate of drug-likeness (QED) is 0.762. The number of H-pyrrole nitrogens is 1. The van der Waals surface area contributed by atoms with Crippen LogP contribution >= 0.6 is 11.8 Å². The molecule has 0 saturated heterocycles. The number of aromatic nitrogens is 1. The number of aromatic amines is 1. The van der Waals surface area contributed by atoms with Crippen molar-refractivity contribution < 1.29 is 4.39 Å². The van der Waals surface area contributed by atoms with Crippen molar-refractivity contribution in [2.75, 3.05) is 6.54 Å². The number of nitrogens with one attached hydrogen (secondary N) is 1. The lowest BCUT2D eigenvalue weighted by Gasteiger charge is -2.08. The molecule has 3 N–H and O–H groups in total. The van der Waals surface area contributed by atoms with Crippen LogP contribution in [0.25, 0.3) is 10.9 Å². The first-order valence-corrected chi connectivity index (χ1v) is 7.32. The molecule has 0 amide bonds. The number of rotatable bonds is 4. The average molecular weight is 286 g/mol. The van der Waals surface area contributed by atoms with Crippen LogP contribution in [-0.4, -0.2) is 11.5 Å². The third-order valence-corrected chi connectivity index (χ3v) is 4.28. The van der Waals surface area contributed by atoms with Gasteiger partial charge in [-0.3, -0.25) is 0 Å². The Bertz CT molecular complexity index is 703. The van der Waals surface area contributed by atoms with Crippen LogP contribution in [0.15, 0.2) is 58.5 Å². The van der Waals surface area contributed by atoms with Gasteiger partial charge in [-0.15, -0.1) is 0 Å². The zero-order chi connectivity index (χ0) is 13.9. The molecule has 3 aromatic rings. The molecule has 3 rings (SSSR count). The van der Waals surface area contributed by atoms with E-state index in [4.69, 9.17) is 5.73 Å². The van der Waals surface area contributed by atoms with E-state index in [9.17, 15) is 4.39 Å². The Hall–Kier alpha value is -1.78. The number of hydrogen-bond acceptors (Lipinski definition) is 2. The van der Waals surface area contributed by atoms with Gasteiger partial charge in [0.15, 0.2) is 0 Å². The Morgan fingerprint density at radius 2 is 1.95 bits per heavy atom. The molecule has 0 bridgehead atoms. The smallest absolute Gasteiger partial charge is 0.137 e. The molecule has 20 heavy (non-hydrogen) atoms. The van der Waals surface area contributed by atoms with E-state index in [1.807, 2.05) is 36.4 Å². The summed E-state index contributed by atoms with van der Waals surface area (Å²) in [6.45, 7) is 0.518. The molecular formula is C16H15FN2S. The summed E-state index contributed by atoms with van der Waals surface area (Å²) in [5.74, 6) is -0.195. The molecule has 0 atom stereocenters. The Morgan fingerprint density at radius 1 is 1.10 bits per heavy atom. The van der Waals surface area contributed by atoms with Gasteiger partial charge in [0.25, 0.3) is 0 Å². The monoisotopic (exact) mass is 286 g/mol. The molecule has 0 radical (unpaired) electrons. The molecule has 0 aliphatic carbocycles. The van der Waals surface area contributed by atoms with Gasteiger partial charge in [0.2, 0.25) is 0 Å². The van der Waals surface area contributed by atoms with E-state index in [0.29, 0.717) is 17.9 Å². The van der Waals surface area contributed by atoms with Crippen LogP contribution < -0.4 is 5.73 Å². The number of halogens is 1. The number of hydrogen-bond donors (Lipinski definition) is 2. The molecule has 0 spiro atoms. The third kappa shape index (κ3) is 2.57. The SMILES string of the molecule is NCCc1cccc(F)c1Sc1cc2ccccc2[nH]1. The lowest BCUT2D eigenvalue weighted by atomic mass is 10.1. The predicted molar refractivity (Wildman–Crippen MR) is 81.6 cm³/mol. The summed E-state index contributed by atoms with van der Waals surface area (Å²) < 4.78 is 14.0. The summed E-state index contributed by atoms with van der Waals surface area (Å²) in [5, 5.41) is 2.07. The van der Waals surface area contributed by atoms with Gasteiger partial charge in [0.05, 0.1) is 9.92 Å². The highest BCUT2D eigenvalue weighted by atomic mass is 32.2. The molecule has 0 aliphatic heterocycles. The molecule has 1 heterocycles. The first-order valence-electron chi connectivity index (χ1n) is 6.51. The van der Waals surface area contributed by atoms with Crippen molar-refractivity contribution in [3.8, 4) is 0 Å². The standard InChI is InChI=1S/C16H15FN2S/c17-13-6-3-5-11(8-9-18)16(13)20-15-10-12-4-1-2-7-14(12)19-15/h1-7,10,19H,8-9,18H2. The van der Waals surface area contributed by atoms with Crippen LogP contribution in [0, 0.1) is 5.82 Å². The molecule has 0 fully saturated rings. The Labute approximate surface area is 121 Å². The van der Waals surface area contributed by atoms with Crippen molar-refractivity contribution >= 4 is 22.7 Å². The predicted octanol–water partition coefficient (Wildman–Crippen LogP) is 3.96. The number of fused-ring (bicyclic) bond motifs is 1. The van der Waals surface area contributed by atoms with E-state index in [1.54, 1.807) is 6.07 Å². The summed E-state index contributed by atoms with van der Waals surface area (Å²) >= 11 is 1.42. The topological polar surface area (TPSA) is 41.8 Å². The summed E-state index contributed by atoms with van der Waals surface area (Å²) in [6, 6.07) is 15.2. The van der Waals surface area contributed by atoms with Gasteiger partial charge in [0, 0.05) is 10.9 Å². The fourth-order valence-electron chi connectivity index (χ4n) is 2.23. The maximum Gasteiger partial charge on any atom is 0.137 e. The van der Waals surface area contributed by atoms with Crippen molar-refractivity contribution in [2.45, 2.75) is 16.3 Å². The van der Waals surface area contributed by atoms with Gasteiger partial charge in [-0.25, -0.2) is 4.39 Å². The molecule has 102 valence electrons. The van der Waals surface area contributed by atoms with Crippen molar-refractivity contribution in [3.05, 3.63) is 59.9 Å². The highest BCUT2D eigenvalue weighted by Crippen LogP contribution is 2.34. The molecule has 2 nitrogen and oxygen atoms in total. The minimum atomic E-state index is -0.195. The molecular weight excluding hydrogens is 271 g/mol. The minimum absolute atomic E-state index is 0.195. The molecule has 4 heteroatoms. The average Bonchev–Trinajstić information content (AvgIpc) is 2.85. The summed E-state index contributed by atoms with van der Waals surface area (Å²) in [5.41, 5.74) is 7.61. The van der Waals surface area contributed by atoms with Gasteiger partial charge in [-0.2, -0.15) is 0 Å². The molecule has 0 aliphatic rings. The highest BCUT2D eigenvalue weighted by molar-refractivity contribution is 7.99. The molecule has 2 aromatic carbocycles. The van der Waals surface area contributed by atoms with Crippen LogP contribution in [0.4, 0.5) is 4.39 Å². The van der Waals surface area contributed by atoms with E-state index >= 15 is 0 Å². The first kappa shape index (κ1) is 13.2. The first-order chi connectivity index (χ1) is 9.78. The van der Waals surface area contributed by atoms with Gasteiger partial charge in [-0.1, -0.05) is 42.1 Å². The maximum absolute atomic E-state index is 14.0. The zero-order valence-corrected chi connectivity index (χ0v) is 11.7. The molecule has 0 unspecified atom stereocenters. The summed E-state index contributed by atoms with van der Waals surface area (Å²) in [6.07, 6.45) is 0.681. The van der Waals surface area contributed by atoms with E-state index in [-0.39, 0.29) is 5.82 Å².